The Hall–Kier alpha value is -0.0100. The van der Waals surface area contributed by atoms with Gasteiger partial charge in [-0.3, -0.25) is 0 Å². The van der Waals surface area contributed by atoms with Crippen molar-refractivity contribution in [2.45, 2.75) is 23.6 Å². The van der Waals surface area contributed by atoms with Crippen LogP contribution in [-0.2, 0) is 0 Å². The largest absolute Gasteiger partial charge is 0.0884 e. The van der Waals surface area contributed by atoms with E-state index in [9.17, 15) is 0 Å². The summed E-state index contributed by atoms with van der Waals surface area (Å²) in [7, 11) is 0. The van der Waals surface area contributed by atoms with Crippen molar-refractivity contribution in [1.82, 2.24) is 0 Å². The van der Waals surface area contributed by atoms with E-state index in [2.05, 4.69) is 28.1 Å². The molecule has 1 aromatic rings. The first-order valence-corrected chi connectivity index (χ1v) is 5.46. The molecule has 2 unspecified atom stereocenters. The minimum absolute atomic E-state index is 0.679. The summed E-state index contributed by atoms with van der Waals surface area (Å²) < 4.78 is 0. The van der Waals surface area contributed by atoms with Gasteiger partial charge >= 0.3 is 0 Å². The molecule has 1 aromatic carbocycles. The van der Waals surface area contributed by atoms with Gasteiger partial charge in [0.2, 0.25) is 0 Å². The van der Waals surface area contributed by atoms with E-state index in [0.717, 1.165) is 5.02 Å². The van der Waals surface area contributed by atoms with Gasteiger partial charge in [-0.1, -0.05) is 39.7 Å². The van der Waals surface area contributed by atoms with Crippen LogP contribution in [0.15, 0.2) is 24.3 Å². The first kappa shape index (κ1) is 8.58. The fourth-order valence-electron chi connectivity index (χ4n) is 1.54. The number of halogens is 2. The number of hydrogen-bond acceptors (Lipinski definition) is 0. The molecule has 2 atom stereocenters. The van der Waals surface area contributed by atoms with Crippen molar-refractivity contribution in [1.29, 1.82) is 0 Å². The van der Waals surface area contributed by atoms with Crippen molar-refractivity contribution in [3.8, 4) is 0 Å². The summed E-state index contributed by atoms with van der Waals surface area (Å²) in [5.74, 6) is 0.710. The minimum atomic E-state index is 0.679. The quantitative estimate of drug-likeness (QED) is 0.657. The van der Waals surface area contributed by atoms with Crippen LogP contribution in [-0.4, -0.2) is 4.83 Å². The number of rotatable bonds is 1. The SMILES string of the molecule is Clc1ccc(C2CCC2Br)cc1. The Morgan fingerprint density at radius 2 is 1.83 bits per heavy atom. The second kappa shape index (κ2) is 3.39. The first-order chi connectivity index (χ1) is 5.77. The monoisotopic (exact) mass is 244 g/mol. The lowest BCUT2D eigenvalue weighted by Gasteiger charge is -2.32. The van der Waals surface area contributed by atoms with Crippen molar-refractivity contribution in [2.75, 3.05) is 0 Å². The Kier molecular flexibility index (Phi) is 2.42. The zero-order valence-electron chi connectivity index (χ0n) is 6.63. The maximum absolute atomic E-state index is 5.80. The summed E-state index contributed by atoms with van der Waals surface area (Å²) in [6.07, 6.45) is 2.60. The van der Waals surface area contributed by atoms with Crippen LogP contribution in [0.5, 0.6) is 0 Å². The highest BCUT2D eigenvalue weighted by molar-refractivity contribution is 9.09. The Morgan fingerprint density at radius 1 is 1.17 bits per heavy atom. The topological polar surface area (TPSA) is 0 Å². The predicted molar refractivity (Wildman–Crippen MR) is 56.1 cm³/mol. The number of hydrogen-bond donors (Lipinski definition) is 0. The van der Waals surface area contributed by atoms with Gasteiger partial charge in [-0.05, 0) is 36.5 Å². The average molecular weight is 246 g/mol. The summed E-state index contributed by atoms with van der Waals surface area (Å²) in [5, 5.41) is 0.823. The van der Waals surface area contributed by atoms with Crippen LogP contribution in [0.2, 0.25) is 5.02 Å². The van der Waals surface area contributed by atoms with Gasteiger partial charge in [-0.25, -0.2) is 0 Å². The highest BCUT2D eigenvalue weighted by atomic mass is 79.9. The Balaban J connectivity index is 2.18. The third kappa shape index (κ3) is 1.53. The predicted octanol–water partition coefficient (Wildman–Crippen LogP) is 3.98. The fourth-order valence-corrected chi connectivity index (χ4v) is 2.50. The van der Waals surface area contributed by atoms with Gasteiger partial charge in [-0.15, -0.1) is 0 Å². The molecule has 64 valence electrons. The standard InChI is InChI=1S/C10H10BrCl/c11-10-6-5-9(10)7-1-3-8(12)4-2-7/h1-4,9-10H,5-6H2. The summed E-state index contributed by atoms with van der Waals surface area (Å²) in [6, 6.07) is 8.19. The molecule has 1 aliphatic rings. The minimum Gasteiger partial charge on any atom is -0.0884 e. The van der Waals surface area contributed by atoms with Crippen LogP contribution >= 0.6 is 27.5 Å². The zero-order chi connectivity index (χ0) is 8.55. The van der Waals surface area contributed by atoms with Gasteiger partial charge in [0, 0.05) is 9.85 Å². The lowest BCUT2D eigenvalue weighted by atomic mass is 9.80. The van der Waals surface area contributed by atoms with Gasteiger partial charge in [-0.2, -0.15) is 0 Å². The van der Waals surface area contributed by atoms with Crippen LogP contribution in [0.1, 0.15) is 24.3 Å². The molecule has 0 radical (unpaired) electrons. The van der Waals surface area contributed by atoms with Crippen LogP contribution in [0.4, 0.5) is 0 Å². The Labute approximate surface area is 86.1 Å². The molecule has 0 aromatic heterocycles. The van der Waals surface area contributed by atoms with Gasteiger partial charge in [0.15, 0.2) is 0 Å². The summed E-state index contributed by atoms with van der Waals surface area (Å²) >= 11 is 9.45. The highest BCUT2D eigenvalue weighted by Crippen LogP contribution is 2.41. The maximum atomic E-state index is 5.80. The van der Waals surface area contributed by atoms with E-state index >= 15 is 0 Å². The molecule has 2 heteroatoms. The molecular weight excluding hydrogens is 235 g/mol. The van der Waals surface area contributed by atoms with E-state index < -0.39 is 0 Å². The molecule has 0 amide bonds. The molecule has 0 spiro atoms. The van der Waals surface area contributed by atoms with E-state index in [1.54, 1.807) is 0 Å². The molecule has 0 bridgehead atoms. The van der Waals surface area contributed by atoms with E-state index in [1.165, 1.54) is 18.4 Å². The second-order valence-corrected chi connectivity index (χ2v) is 4.86. The third-order valence-corrected chi connectivity index (χ3v) is 3.84. The molecule has 0 N–H and O–H groups in total. The van der Waals surface area contributed by atoms with Crippen molar-refractivity contribution < 1.29 is 0 Å². The summed E-state index contributed by atoms with van der Waals surface area (Å²) in [6.45, 7) is 0. The molecular formula is C10H10BrCl. The normalized spacial score (nSPS) is 28.2. The molecule has 2 rings (SSSR count). The molecule has 0 aliphatic heterocycles. The molecule has 1 fully saturated rings. The van der Waals surface area contributed by atoms with Crippen LogP contribution in [0.25, 0.3) is 0 Å². The lowest BCUT2D eigenvalue weighted by molar-refractivity contribution is 0.444. The zero-order valence-corrected chi connectivity index (χ0v) is 8.98. The maximum Gasteiger partial charge on any atom is 0.0406 e. The third-order valence-electron chi connectivity index (χ3n) is 2.49. The smallest absolute Gasteiger partial charge is 0.0406 e. The van der Waals surface area contributed by atoms with Crippen LogP contribution < -0.4 is 0 Å². The van der Waals surface area contributed by atoms with Crippen molar-refractivity contribution in [3.05, 3.63) is 34.9 Å². The van der Waals surface area contributed by atoms with E-state index in [-0.39, 0.29) is 0 Å². The Bertz CT molecular complexity index is 268. The first-order valence-electron chi connectivity index (χ1n) is 4.17. The number of alkyl halides is 1. The molecule has 12 heavy (non-hydrogen) atoms. The molecule has 1 saturated carbocycles. The van der Waals surface area contributed by atoms with E-state index in [4.69, 9.17) is 11.6 Å². The van der Waals surface area contributed by atoms with Gasteiger partial charge in [0.1, 0.15) is 0 Å². The van der Waals surface area contributed by atoms with Crippen molar-refractivity contribution in [3.63, 3.8) is 0 Å². The van der Waals surface area contributed by atoms with Crippen LogP contribution in [0.3, 0.4) is 0 Å². The number of benzene rings is 1. The second-order valence-electron chi connectivity index (χ2n) is 3.25. The van der Waals surface area contributed by atoms with Gasteiger partial charge < -0.3 is 0 Å². The van der Waals surface area contributed by atoms with Gasteiger partial charge in [0.25, 0.3) is 0 Å². The van der Waals surface area contributed by atoms with Crippen LogP contribution in [0, 0.1) is 0 Å². The summed E-state index contributed by atoms with van der Waals surface area (Å²) in [4.78, 5) is 0.679. The van der Waals surface area contributed by atoms with E-state index in [0.29, 0.717) is 10.7 Å². The molecule has 0 saturated heterocycles. The van der Waals surface area contributed by atoms with E-state index in [1.807, 2.05) is 12.1 Å². The highest BCUT2D eigenvalue weighted by Gasteiger charge is 2.29. The average Bonchev–Trinajstić information content (AvgIpc) is 2.06. The van der Waals surface area contributed by atoms with Gasteiger partial charge in [0.05, 0.1) is 0 Å². The molecule has 0 nitrogen and oxygen atoms in total. The van der Waals surface area contributed by atoms with Crippen molar-refractivity contribution in [2.24, 2.45) is 0 Å². The summed E-state index contributed by atoms with van der Waals surface area (Å²) in [5.41, 5.74) is 1.41. The Morgan fingerprint density at radius 3 is 2.25 bits per heavy atom. The fraction of sp³-hybridized carbons (Fsp3) is 0.400. The molecule has 1 aliphatic carbocycles. The van der Waals surface area contributed by atoms with Crippen molar-refractivity contribution >= 4 is 27.5 Å². The lowest BCUT2D eigenvalue weighted by Crippen LogP contribution is -2.23. The molecule has 0 heterocycles.